The first kappa shape index (κ1) is 45.8. The molecule has 0 fully saturated rings. The van der Waals surface area contributed by atoms with Crippen molar-refractivity contribution in [1.29, 1.82) is 0 Å². The highest BCUT2D eigenvalue weighted by molar-refractivity contribution is 6.18. The standard InChI is InChI=1S/C75H54N2/c1-75(2)70-49-58(55-35-43-63(44-36-55)76(61-39-31-53(32-40-61)51-19-8-3-9-20-51)62-41-33-54(34-42-62)52-21-10-4-11-22-52)37-45-66(70)67-46-38-59(50-71(67)75)64-29-18-30-68-65(64)47-48-69-72(56-23-12-5-13-24-56)73(57-25-14-6-15-26-57)77(74(68)69)60-27-16-7-17-28-60/h3-50H,1-2H3. The zero-order chi connectivity index (χ0) is 51.5. The molecule has 0 saturated heterocycles. The highest BCUT2D eigenvalue weighted by atomic mass is 15.1. The summed E-state index contributed by atoms with van der Waals surface area (Å²) < 4.78 is 2.50. The lowest BCUT2D eigenvalue weighted by molar-refractivity contribution is 0.661. The van der Waals surface area contributed by atoms with Crippen LogP contribution in [0.3, 0.4) is 0 Å². The predicted octanol–water partition coefficient (Wildman–Crippen LogP) is 20.6. The minimum absolute atomic E-state index is 0.222. The molecule has 13 aromatic rings. The van der Waals surface area contributed by atoms with Gasteiger partial charge in [0.1, 0.15) is 0 Å². The van der Waals surface area contributed by atoms with Crippen LogP contribution in [0.4, 0.5) is 17.1 Å². The van der Waals surface area contributed by atoms with Gasteiger partial charge in [0.25, 0.3) is 0 Å². The number of para-hydroxylation sites is 1. The first-order valence-electron chi connectivity index (χ1n) is 26.7. The van der Waals surface area contributed by atoms with E-state index in [9.17, 15) is 0 Å². The molecule has 12 aromatic carbocycles. The zero-order valence-electron chi connectivity index (χ0n) is 43.1. The number of rotatable bonds is 10. The van der Waals surface area contributed by atoms with Gasteiger partial charge in [0.2, 0.25) is 0 Å². The van der Waals surface area contributed by atoms with Crippen LogP contribution in [-0.2, 0) is 5.41 Å². The van der Waals surface area contributed by atoms with E-state index in [4.69, 9.17) is 0 Å². The largest absolute Gasteiger partial charge is 0.311 e. The molecule has 0 spiro atoms. The Bertz CT molecular complexity index is 4190. The lowest BCUT2D eigenvalue weighted by Gasteiger charge is -2.26. The number of fused-ring (bicyclic) bond motifs is 6. The average molecular weight is 983 g/mol. The Labute approximate surface area is 451 Å². The van der Waals surface area contributed by atoms with Gasteiger partial charge in [0.15, 0.2) is 0 Å². The minimum atomic E-state index is -0.222. The smallest absolute Gasteiger partial charge is 0.0620 e. The van der Waals surface area contributed by atoms with Crippen molar-refractivity contribution in [2.24, 2.45) is 0 Å². The Kier molecular flexibility index (Phi) is 11.2. The van der Waals surface area contributed by atoms with Gasteiger partial charge in [-0.15, -0.1) is 0 Å². The molecule has 0 radical (unpaired) electrons. The third-order valence-electron chi connectivity index (χ3n) is 16.0. The molecule has 0 atom stereocenters. The topological polar surface area (TPSA) is 8.17 Å². The predicted molar refractivity (Wildman–Crippen MR) is 326 cm³/mol. The van der Waals surface area contributed by atoms with E-state index in [1.54, 1.807) is 0 Å². The fourth-order valence-electron chi connectivity index (χ4n) is 12.2. The molecule has 0 bridgehead atoms. The van der Waals surface area contributed by atoms with Crippen LogP contribution in [0.1, 0.15) is 25.0 Å². The molecular weight excluding hydrogens is 929 g/mol. The van der Waals surface area contributed by atoms with E-state index in [0.717, 1.165) is 22.7 Å². The monoisotopic (exact) mass is 982 g/mol. The number of benzene rings is 12. The van der Waals surface area contributed by atoms with E-state index in [0.29, 0.717) is 0 Å². The third-order valence-corrected chi connectivity index (χ3v) is 16.0. The molecule has 0 saturated carbocycles. The van der Waals surface area contributed by atoms with Crippen molar-refractivity contribution in [2.45, 2.75) is 19.3 Å². The van der Waals surface area contributed by atoms with Crippen LogP contribution >= 0.6 is 0 Å². The number of hydrogen-bond donors (Lipinski definition) is 0. The van der Waals surface area contributed by atoms with Gasteiger partial charge in [-0.05, 0) is 144 Å². The van der Waals surface area contributed by atoms with Gasteiger partial charge in [-0.2, -0.15) is 0 Å². The Morgan fingerprint density at radius 1 is 0.286 bits per heavy atom. The fraction of sp³-hybridized carbons (Fsp3) is 0.0400. The lowest BCUT2D eigenvalue weighted by atomic mass is 9.80. The second kappa shape index (κ2) is 18.9. The molecule has 0 N–H and O–H groups in total. The van der Waals surface area contributed by atoms with Crippen LogP contribution in [0.2, 0.25) is 0 Å². The third kappa shape index (κ3) is 7.97. The summed E-state index contributed by atoms with van der Waals surface area (Å²) in [5.74, 6) is 0. The molecule has 364 valence electrons. The number of aromatic nitrogens is 1. The average Bonchev–Trinajstić information content (AvgIpc) is 4.18. The van der Waals surface area contributed by atoms with Gasteiger partial charge in [-0.25, -0.2) is 0 Å². The van der Waals surface area contributed by atoms with Crippen molar-refractivity contribution in [1.82, 2.24) is 4.57 Å². The normalized spacial score (nSPS) is 12.4. The molecule has 0 aliphatic heterocycles. The first-order valence-corrected chi connectivity index (χ1v) is 26.7. The fourth-order valence-corrected chi connectivity index (χ4v) is 12.2. The highest BCUT2D eigenvalue weighted by Crippen LogP contribution is 2.52. The summed E-state index contributed by atoms with van der Waals surface area (Å²) in [5, 5.41) is 3.70. The molecule has 0 amide bonds. The molecule has 1 aliphatic carbocycles. The van der Waals surface area contributed by atoms with Crippen molar-refractivity contribution in [3.63, 3.8) is 0 Å². The Morgan fingerprint density at radius 3 is 1.21 bits per heavy atom. The summed E-state index contributed by atoms with van der Waals surface area (Å²) in [5.41, 5.74) is 25.3. The number of nitrogens with zero attached hydrogens (tertiary/aromatic N) is 2. The van der Waals surface area contributed by atoms with E-state index < -0.39 is 0 Å². The molecule has 1 aromatic heterocycles. The molecule has 2 nitrogen and oxygen atoms in total. The minimum Gasteiger partial charge on any atom is -0.311 e. The molecule has 1 heterocycles. The molecule has 77 heavy (non-hydrogen) atoms. The van der Waals surface area contributed by atoms with E-state index >= 15 is 0 Å². The van der Waals surface area contributed by atoms with Crippen LogP contribution < -0.4 is 4.90 Å². The van der Waals surface area contributed by atoms with Gasteiger partial charge >= 0.3 is 0 Å². The summed E-state index contributed by atoms with van der Waals surface area (Å²) in [6, 6.07) is 107. The van der Waals surface area contributed by atoms with Crippen LogP contribution in [0.15, 0.2) is 291 Å². The van der Waals surface area contributed by atoms with Crippen LogP contribution in [0.5, 0.6) is 0 Å². The summed E-state index contributed by atoms with van der Waals surface area (Å²) in [6.45, 7) is 4.79. The molecule has 2 heteroatoms. The Hall–Kier alpha value is -9.76. The van der Waals surface area contributed by atoms with Crippen molar-refractivity contribution < 1.29 is 0 Å². The van der Waals surface area contributed by atoms with Gasteiger partial charge in [0.05, 0.1) is 11.2 Å². The van der Waals surface area contributed by atoms with E-state index in [1.807, 2.05) is 0 Å². The van der Waals surface area contributed by atoms with Crippen LogP contribution in [0, 0.1) is 0 Å². The second-order valence-electron chi connectivity index (χ2n) is 20.8. The summed E-state index contributed by atoms with van der Waals surface area (Å²) >= 11 is 0. The quantitative estimate of drug-likeness (QED) is 0.133. The van der Waals surface area contributed by atoms with Gasteiger partial charge in [0, 0.05) is 44.5 Å². The van der Waals surface area contributed by atoms with Crippen molar-refractivity contribution in [3.05, 3.63) is 302 Å². The molecule has 1 aliphatic rings. The second-order valence-corrected chi connectivity index (χ2v) is 20.8. The first-order chi connectivity index (χ1) is 38.0. The highest BCUT2D eigenvalue weighted by Gasteiger charge is 2.36. The van der Waals surface area contributed by atoms with Crippen molar-refractivity contribution in [2.75, 3.05) is 4.90 Å². The lowest BCUT2D eigenvalue weighted by Crippen LogP contribution is -2.15. The van der Waals surface area contributed by atoms with E-state index in [-0.39, 0.29) is 5.41 Å². The van der Waals surface area contributed by atoms with Crippen LogP contribution in [0.25, 0.3) is 105 Å². The SMILES string of the molecule is CC1(C)c2cc(-c3ccc(N(c4ccc(-c5ccccc5)cc4)c4ccc(-c5ccccc5)cc4)cc3)ccc2-c2ccc(-c3cccc4c3ccc3c(-c5ccccc5)c(-c5ccccc5)n(-c5ccccc5)c34)cc21. The maximum absolute atomic E-state index is 2.50. The summed E-state index contributed by atoms with van der Waals surface area (Å²) in [6.07, 6.45) is 0. The molecule has 14 rings (SSSR count). The number of hydrogen-bond acceptors (Lipinski definition) is 1. The Morgan fingerprint density at radius 2 is 0.688 bits per heavy atom. The van der Waals surface area contributed by atoms with Gasteiger partial charge < -0.3 is 9.47 Å². The van der Waals surface area contributed by atoms with Gasteiger partial charge in [-0.1, -0.05) is 244 Å². The van der Waals surface area contributed by atoms with Gasteiger partial charge in [-0.3, -0.25) is 0 Å². The van der Waals surface area contributed by atoms with E-state index in [1.165, 1.54) is 111 Å². The van der Waals surface area contributed by atoms with E-state index in [2.05, 4.69) is 315 Å². The summed E-state index contributed by atoms with van der Waals surface area (Å²) in [7, 11) is 0. The maximum atomic E-state index is 2.50. The van der Waals surface area contributed by atoms with Crippen LogP contribution in [-0.4, -0.2) is 4.57 Å². The number of anilines is 3. The summed E-state index contributed by atoms with van der Waals surface area (Å²) in [4.78, 5) is 2.36. The zero-order valence-corrected chi connectivity index (χ0v) is 43.1. The Balaban J connectivity index is 0.821. The molecular formula is C75H54N2. The van der Waals surface area contributed by atoms with Crippen molar-refractivity contribution in [3.8, 4) is 83.7 Å². The van der Waals surface area contributed by atoms with Crippen molar-refractivity contribution >= 4 is 38.7 Å². The maximum Gasteiger partial charge on any atom is 0.0620 e. The molecule has 0 unspecified atom stereocenters.